The molecule has 0 atom stereocenters. The van der Waals surface area contributed by atoms with Crippen LogP contribution in [0.2, 0.25) is 0 Å². The van der Waals surface area contributed by atoms with Crippen molar-refractivity contribution in [2.24, 2.45) is 10.9 Å². The summed E-state index contributed by atoms with van der Waals surface area (Å²) in [4.78, 5) is 6.57. The van der Waals surface area contributed by atoms with Gasteiger partial charge in [-0.1, -0.05) is 18.9 Å². The second-order valence-electron chi connectivity index (χ2n) is 6.62. The highest BCUT2D eigenvalue weighted by atomic mass is 127. The van der Waals surface area contributed by atoms with Crippen molar-refractivity contribution in [1.29, 1.82) is 0 Å². The molecule has 0 aromatic heterocycles. The van der Waals surface area contributed by atoms with Gasteiger partial charge in [-0.25, -0.2) is 4.39 Å². The molecule has 1 aliphatic heterocycles. The first-order chi connectivity index (χ1) is 11.2. The summed E-state index contributed by atoms with van der Waals surface area (Å²) in [7, 11) is 1.83. The monoisotopic (exact) mass is 446 g/mol. The molecule has 1 aromatic rings. The van der Waals surface area contributed by atoms with Crippen LogP contribution in [0.3, 0.4) is 0 Å². The zero-order valence-electron chi connectivity index (χ0n) is 14.3. The van der Waals surface area contributed by atoms with E-state index in [2.05, 4.69) is 20.5 Å². The molecule has 1 saturated carbocycles. The normalized spacial score (nSPS) is 18.9. The molecule has 24 heavy (non-hydrogen) atoms. The highest BCUT2D eigenvalue weighted by Crippen LogP contribution is 2.31. The zero-order chi connectivity index (χ0) is 16.1. The van der Waals surface area contributed by atoms with Crippen molar-refractivity contribution in [3.8, 4) is 0 Å². The first kappa shape index (κ1) is 19.3. The molecule has 1 saturated heterocycles. The van der Waals surface area contributed by atoms with Gasteiger partial charge in [0.15, 0.2) is 5.96 Å². The number of nitrogens with one attached hydrogen (secondary N) is 2. The van der Waals surface area contributed by atoms with E-state index in [1.807, 2.05) is 13.1 Å². The molecule has 0 amide bonds. The van der Waals surface area contributed by atoms with Gasteiger partial charge in [0.2, 0.25) is 0 Å². The Kier molecular flexibility index (Phi) is 7.58. The number of halogens is 2. The van der Waals surface area contributed by atoms with E-state index in [1.165, 1.54) is 25.3 Å². The third-order valence-corrected chi connectivity index (χ3v) is 4.77. The summed E-state index contributed by atoms with van der Waals surface area (Å²) in [5, 5.41) is 6.94. The minimum atomic E-state index is -0.164. The Morgan fingerprint density at radius 1 is 1.25 bits per heavy atom. The van der Waals surface area contributed by atoms with Crippen molar-refractivity contribution in [2.45, 2.75) is 38.1 Å². The minimum absolute atomic E-state index is 0. The first-order valence-electron chi connectivity index (χ1n) is 8.72. The average molecular weight is 446 g/mol. The van der Waals surface area contributed by atoms with Crippen LogP contribution in [0, 0.1) is 11.7 Å². The molecule has 4 nitrogen and oxygen atoms in total. The van der Waals surface area contributed by atoms with Gasteiger partial charge in [-0.2, -0.15) is 0 Å². The molecule has 0 bridgehead atoms. The largest absolute Gasteiger partial charge is 0.371 e. The lowest BCUT2D eigenvalue weighted by atomic mass is 10.0. The Labute approximate surface area is 161 Å². The molecule has 2 N–H and O–H groups in total. The van der Waals surface area contributed by atoms with Crippen molar-refractivity contribution >= 4 is 35.6 Å². The molecular formula is C18H28FIN4. The van der Waals surface area contributed by atoms with Gasteiger partial charge >= 0.3 is 0 Å². The molecule has 134 valence electrons. The van der Waals surface area contributed by atoms with Gasteiger partial charge in [0.05, 0.1) is 0 Å². The van der Waals surface area contributed by atoms with Crippen LogP contribution in [-0.4, -0.2) is 38.7 Å². The van der Waals surface area contributed by atoms with Gasteiger partial charge < -0.3 is 15.5 Å². The van der Waals surface area contributed by atoms with E-state index in [-0.39, 0.29) is 29.8 Å². The SMILES string of the molecule is CN=C(NCCC1CC1)NC1CCN(c2cccc(F)c2)CC1.I. The van der Waals surface area contributed by atoms with Crippen LogP contribution in [0.5, 0.6) is 0 Å². The fourth-order valence-electron chi connectivity index (χ4n) is 3.14. The van der Waals surface area contributed by atoms with Crippen molar-refractivity contribution in [3.63, 3.8) is 0 Å². The Bertz CT molecular complexity index is 540. The van der Waals surface area contributed by atoms with Crippen molar-refractivity contribution in [3.05, 3.63) is 30.1 Å². The van der Waals surface area contributed by atoms with Crippen LogP contribution >= 0.6 is 24.0 Å². The van der Waals surface area contributed by atoms with Crippen LogP contribution in [0.4, 0.5) is 10.1 Å². The molecule has 1 heterocycles. The predicted molar refractivity (Wildman–Crippen MR) is 109 cm³/mol. The second-order valence-corrected chi connectivity index (χ2v) is 6.62. The lowest BCUT2D eigenvalue weighted by molar-refractivity contribution is 0.460. The summed E-state index contributed by atoms with van der Waals surface area (Å²) in [5.74, 6) is 1.69. The number of benzene rings is 1. The second kappa shape index (κ2) is 9.44. The Hall–Kier alpha value is -1.05. The van der Waals surface area contributed by atoms with Crippen molar-refractivity contribution < 1.29 is 4.39 Å². The predicted octanol–water partition coefficient (Wildman–Crippen LogP) is 3.38. The lowest BCUT2D eigenvalue weighted by Gasteiger charge is -2.34. The molecule has 1 aliphatic carbocycles. The van der Waals surface area contributed by atoms with Crippen LogP contribution in [0.25, 0.3) is 0 Å². The number of guanidine groups is 1. The number of hydrogen-bond acceptors (Lipinski definition) is 2. The standard InChI is InChI=1S/C18H27FN4.HI/c1-20-18(21-10-7-14-5-6-14)22-16-8-11-23(12-9-16)17-4-2-3-15(19)13-17;/h2-4,13-14,16H,5-12H2,1H3,(H2,20,21,22);1H. The summed E-state index contributed by atoms with van der Waals surface area (Å²) >= 11 is 0. The molecular weight excluding hydrogens is 418 g/mol. The number of aliphatic imine (C=N–C) groups is 1. The maximum Gasteiger partial charge on any atom is 0.191 e. The molecule has 0 spiro atoms. The Morgan fingerprint density at radius 3 is 2.62 bits per heavy atom. The number of rotatable bonds is 5. The van der Waals surface area contributed by atoms with Crippen LogP contribution in [0.1, 0.15) is 32.1 Å². The fraction of sp³-hybridized carbons (Fsp3) is 0.611. The summed E-state index contributed by atoms with van der Waals surface area (Å²) in [6, 6.07) is 7.31. The zero-order valence-corrected chi connectivity index (χ0v) is 16.6. The smallest absolute Gasteiger partial charge is 0.191 e. The third kappa shape index (κ3) is 5.79. The summed E-state index contributed by atoms with van der Waals surface area (Å²) in [6.07, 6.45) is 6.12. The topological polar surface area (TPSA) is 39.7 Å². The molecule has 2 aliphatic rings. The number of nitrogens with zero attached hydrogens (tertiary/aromatic N) is 2. The third-order valence-electron chi connectivity index (χ3n) is 4.77. The molecule has 1 aromatic carbocycles. The van der Waals surface area contributed by atoms with E-state index in [4.69, 9.17) is 0 Å². The average Bonchev–Trinajstić information content (AvgIpc) is 3.39. The number of piperidine rings is 1. The molecule has 6 heteroatoms. The highest BCUT2D eigenvalue weighted by Gasteiger charge is 2.22. The van der Waals surface area contributed by atoms with Crippen LogP contribution in [0.15, 0.2) is 29.3 Å². The van der Waals surface area contributed by atoms with Gasteiger partial charge in [0.25, 0.3) is 0 Å². The fourth-order valence-corrected chi connectivity index (χ4v) is 3.14. The highest BCUT2D eigenvalue weighted by molar-refractivity contribution is 14.0. The molecule has 3 rings (SSSR count). The molecule has 0 radical (unpaired) electrons. The minimum Gasteiger partial charge on any atom is -0.371 e. The van der Waals surface area contributed by atoms with E-state index in [9.17, 15) is 4.39 Å². The van der Waals surface area contributed by atoms with Gasteiger partial charge in [-0.3, -0.25) is 4.99 Å². The summed E-state index contributed by atoms with van der Waals surface area (Å²) < 4.78 is 13.3. The summed E-state index contributed by atoms with van der Waals surface area (Å²) in [5.41, 5.74) is 0.982. The number of anilines is 1. The Morgan fingerprint density at radius 2 is 2.00 bits per heavy atom. The van der Waals surface area contributed by atoms with E-state index in [1.54, 1.807) is 12.1 Å². The van der Waals surface area contributed by atoms with Crippen molar-refractivity contribution in [2.75, 3.05) is 31.6 Å². The van der Waals surface area contributed by atoms with Crippen LogP contribution in [-0.2, 0) is 0 Å². The van der Waals surface area contributed by atoms with Gasteiger partial charge in [-0.15, -0.1) is 24.0 Å². The quantitative estimate of drug-likeness (QED) is 0.414. The van der Waals surface area contributed by atoms with E-state index < -0.39 is 0 Å². The van der Waals surface area contributed by atoms with Gasteiger partial charge in [0.1, 0.15) is 5.82 Å². The van der Waals surface area contributed by atoms with Gasteiger partial charge in [0, 0.05) is 38.4 Å². The van der Waals surface area contributed by atoms with E-state index in [0.717, 1.165) is 50.0 Å². The Balaban J connectivity index is 0.00000208. The lowest BCUT2D eigenvalue weighted by Crippen LogP contribution is -2.49. The molecule has 0 unspecified atom stereocenters. The molecule has 2 fully saturated rings. The van der Waals surface area contributed by atoms with Gasteiger partial charge in [-0.05, 0) is 43.4 Å². The van der Waals surface area contributed by atoms with E-state index >= 15 is 0 Å². The maximum absolute atomic E-state index is 13.3. The summed E-state index contributed by atoms with van der Waals surface area (Å²) in [6.45, 7) is 2.90. The van der Waals surface area contributed by atoms with Crippen LogP contribution < -0.4 is 15.5 Å². The first-order valence-corrected chi connectivity index (χ1v) is 8.72. The van der Waals surface area contributed by atoms with Crippen molar-refractivity contribution in [1.82, 2.24) is 10.6 Å². The maximum atomic E-state index is 13.3. The van der Waals surface area contributed by atoms with E-state index in [0.29, 0.717) is 6.04 Å². The number of hydrogen-bond donors (Lipinski definition) is 2.